The number of benzene rings is 1. The average Bonchev–Trinajstić information content (AvgIpc) is 2.29. The number of carbonyl (C=O) groups is 1. The SMILES string of the molecule is Cc1nccc2cc(CCCC(=O)O)ccc12. The molecule has 3 nitrogen and oxygen atoms in total. The van der Waals surface area contributed by atoms with Crippen LogP contribution in [0.2, 0.25) is 0 Å². The molecular weight excluding hydrogens is 214 g/mol. The molecule has 1 N–H and O–H groups in total. The van der Waals surface area contributed by atoms with Gasteiger partial charge in [0.1, 0.15) is 0 Å². The number of fused-ring (bicyclic) bond motifs is 1. The summed E-state index contributed by atoms with van der Waals surface area (Å²) in [5.41, 5.74) is 2.21. The Kier molecular flexibility index (Phi) is 3.38. The van der Waals surface area contributed by atoms with Crippen molar-refractivity contribution in [2.24, 2.45) is 0 Å². The van der Waals surface area contributed by atoms with Gasteiger partial charge in [0.25, 0.3) is 0 Å². The van der Waals surface area contributed by atoms with E-state index in [1.807, 2.05) is 13.0 Å². The van der Waals surface area contributed by atoms with Crippen LogP contribution in [0.3, 0.4) is 0 Å². The summed E-state index contributed by atoms with van der Waals surface area (Å²) in [6, 6.07) is 8.22. The molecule has 0 amide bonds. The van der Waals surface area contributed by atoms with Gasteiger partial charge in [-0.1, -0.05) is 18.2 Å². The molecule has 2 rings (SSSR count). The van der Waals surface area contributed by atoms with E-state index in [9.17, 15) is 4.79 Å². The van der Waals surface area contributed by atoms with Crippen molar-refractivity contribution in [2.75, 3.05) is 0 Å². The first-order chi connectivity index (χ1) is 8.16. The Morgan fingerprint density at radius 2 is 2.18 bits per heavy atom. The molecule has 0 fully saturated rings. The predicted octanol–water partition coefficient (Wildman–Crippen LogP) is 2.95. The van der Waals surface area contributed by atoms with Crippen LogP contribution in [0.1, 0.15) is 24.1 Å². The highest BCUT2D eigenvalue weighted by molar-refractivity contribution is 5.84. The third-order valence-electron chi connectivity index (χ3n) is 2.88. The zero-order valence-corrected chi connectivity index (χ0v) is 9.81. The average molecular weight is 229 g/mol. The number of aliphatic carboxylic acids is 1. The lowest BCUT2D eigenvalue weighted by Gasteiger charge is -2.04. The van der Waals surface area contributed by atoms with Gasteiger partial charge in [-0.05, 0) is 36.8 Å². The first-order valence-electron chi connectivity index (χ1n) is 5.73. The minimum Gasteiger partial charge on any atom is -0.481 e. The second-order valence-electron chi connectivity index (χ2n) is 4.20. The Morgan fingerprint density at radius 1 is 1.35 bits per heavy atom. The Labute approximate surface area is 100 Å². The third-order valence-corrected chi connectivity index (χ3v) is 2.88. The summed E-state index contributed by atoms with van der Waals surface area (Å²) in [6.45, 7) is 1.99. The summed E-state index contributed by atoms with van der Waals surface area (Å²) in [5, 5.41) is 10.9. The molecule has 0 bridgehead atoms. The maximum Gasteiger partial charge on any atom is 0.303 e. The summed E-state index contributed by atoms with van der Waals surface area (Å²) in [7, 11) is 0. The molecule has 0 radical (unpaired) electrons. The molecule has 0 aliphatic rings. The molecule has 0 saturated heterocycles. The van der Waals surface area contributed by atoms with Crippen molar-refractivity contribution >= 4 is 16.7 Å². The quantitative estimate of drug-likeness (QED) is 0.876. The van der Waals surface area contributed by atoms with E-state index in [0.717, 1.165) is 17.5 Å². The van der Waals surface area contributed by atoms with Crippen LogP contribution in [0.15, 0.2) is 30.5 Å². The fourth-order valence-electron chi connectivity index (χ4n) is 1.98. The van der Waals surface area contributed by atoms with E-state index in [4.69, 9.17) is 5.11 Å². The van der Waals surface area contributed by atoms with Crippen LogP contribution in [0.5, 0.6) is 0 Å². The van der Waals surface area contributed by atoms with Crippen molar-refractivity contribution < 1.29 is 9.90 Å². The number of hydrogen-bond donors (Lipinski definition) is 1. The molecular formula is C14H15NO2. The lowest BCUT2D eigenvalue weighted by atomic mass is 10.0. The first-order valence-corrected chi connectivity index (χ1v) is 5.73. The number of aromatic nitrogens is 1. The number of pyridine rings is 1. The van der Waals surface area contributed by atoms with Crippen molar-refractivity contribution in [3.63, 3.8) is 0 Å². The van der Waals surface area contributed by atoms with Crippen LogP contribution in [0.25, 0.3) is 10.8 Å². The second-order valence-corrected chi connectivity index (χ2v) is 4.20. The highest BCUT2D eigenvalue weighted by Crippen LogP contribution is 2.19. The third kappa shape index (κ3) is 2.81. The Hall–Kier alpha value is -1.90. The number of carboxylic acids is 1. The first kappa shape index (κ1) is 11.6. The lowest BCUT2D eigenvalue weighted by Crippen LogP contribution is -1.96. The second kappa shape index (κ2) is 4.95. The summed E-state index contributed by atoms with van der Waals surface area (Å²) in [5.74, 6) is -0.731. The van der Waals surface area contributed by atoms with Crippen molar-refractivity contribution in [2.45, 2.75) is 26.2 Å². The molecule has 88 valence electrons. The van der Waals surface area contributed by atoms with Crippen LogP contribution >= 0.6 is 0 Å². The zero-order valence-electron chi connectivity index (χ0n) is 9.81. The monoisotopic (exact) mass is 229 g/mol. The molecule has 2 aromatic rings. The van der Waals surface area contributed by atoms with Gasteiger partial charge in [0.15, 0.2) is 0 Å². The van der Waals surface area contributed by atoms with Crippen LogP contribution in [-0.2, 0) is 11.2 Å². The minimum atomic E-state index is -0.731. The van der Waals surface area contributed by atoms with Gasteiger partial charge in [0, 0.05) is 23.7 Å². The van der Waals surface area contributed by atoms with Crippen LogP contribution in [0, 0.1) is 6.92 Å². The van der Waals surface area contributed by atoms with E-state index >= 15 is 0 Å². The summed E-state index contributed by atoms with van der Waals surface area (Å²) < 4.78 is 0. The molecule has 3 heteroatoms. The zero-order chi connectivity index (χ0) is 12.3. The maximum atomic E-state index is 10.4. The molecule has 0 aliphatic heterocycles. The topological polar surface area (TPSA) is 50.2 Å². The van der Waals surface area contributed by atoms with Gasteiger partial charge in [-0.2, -0.15) is 0 Å². The van der Waals surface area contributed by atoms with Gasteiger partial charge in [0.2, 0.25) is 0 Å². The van der Waals surface area contributed by atoms with Crippen molar-refractivity contribution in [3.8, 4) is 0 Å². The van der Waals surface area contributed by atoms with E-state index < -0.39 is 5.97 Å². The molecule has 0 unspecified atom stereocenters. The molecule has 0 saturated carbocycles. The molecule has 1 aromatic heterocycles. The maximum absolute atomic E-state index is 10.4. The van der Waals surface area contributed by atoms with E-state index in [1.165, 1.54) is 10.9 Å². The van der Waals surface area contributed by atoms with E-state index in [0.29, 0.717) is 6.42 Å². The van der Waals surface area contributed by atoms with Crippen molar-refractivity contribution in [1.29, 1.82) is 0 Å². The predicted molar refractivity (Wildman–Crippen MR) is 67.1 cm³/mol. The molecule has 1 aromatic carbocycles. The molecule has 1 heterocycles. The molecule has 17 heavy (non-hydrogen) atoms. The van der Waals surface area contributed by atoms with Gasteiger partial charge >= 0.3 is 5.97 Å². The Balaban J connectivity index is 2.17. The van der Waals surface area contributed by atoms with Gasteiger partial charge in [0.05, 0.1) is 0 Å². The standard InChI is InChI=1S/C14H15NO2/c1-10-13-6-5-11(3-2-4-14(16)17)9-12(13)7-8-15-10/h5-9H,2-4H2,1H3,(H,16,17). The van der Waals surface area contributed by atoms with E-state index in [1.54, 1.807) is 6.20 Å². The van der Waals surface area contributed by atoms with Gasteiger partial charge in [-0.25, -0.2) is 0 Å². The van der Waals surface area contributed by atoms with Crippen LogP contribution in [-0.4, -0.2) is 16.1 Å². The Bertz CT molecular complexity index is 549. The lowest BCUT2D eigenvalue weighted by molar-refractivity contribution is -0.137. The summed E-state index contributed by atoms with van der Waals surface area (Å²) in [6.07, 6.45) is 3.53. The van der Waals surface area contributed by atoms with Crippen LogP contribution in [0.4, 0.5) is 0 Å². The van der Waals surface area contributed by atoms with Crippen molar-refractivity contribution in [3.05, 3.63) is 41.7 Å². The summed E-state index contributed by atoms with van der Waals surface area (Å²) in [4.78, 5) is 14.7. The fraction of sp³-hybridized carbons (Fsp3) is 0.286. The molecule has 0 aliphatic carbocycles. The Morgan fingerprint density at radius 3 is 2.94 bits per heavy atom. The number of hydrogen-bond acceptors (Lipinski definition) is 2. The van der Waals surface area contributed by atoms with E-state index in [-0.39, 0.29) is 6.42 Å². The fourth-order valence-corrected chi connectivity index (χ4v) is 1.98. The molecule has 0 spiro atoms. The van der Waals surface area contributed by atoms with Gasteiger partial charge in [-0.15, -0.1) is 0 Å². The number of rotatable bonds is 4. The number of aryl methyl sites for hydroxylation is 2. The van der Waals surface area contributed by atoms with Crippen molar-refractivity contribution in [1.82, 2.24) is 4.98 Å². The number of nitrogens with zero attached hydrogens (tertiary/aromatic N) is 1. The summed E-state index contributed by atoms with van der Waals surface area (Å²) >= 11 is 0. The molecule has 0 atom stereocenters. The van der Waals surface area contributed by atoms with Gasteiger partial charge < -0.3 is 5.11 Å². The minimum absolute atomic E-state index is 0.230. The smallest absolute Gasteiger partial charge is 0.303 e. The highest BCUT2D eigenvalue weighted by atomic mass is 16.4. The van der Waals surface area contributed by atoms with Gasteiger partial charge in [-0.3, -0.25) is 9.78 Å². The van der Waals surface area contributed by atoms with E-state index in [2.05, 4.69) is 23.2 Å². The largest absolute Gasteiger partial charge is 0.481 e. The number of carboxylic acid groups (broad SMARTS) is 1. The van der Waals surface area contributed by atoms with Crippen LogP contribution < -0.4 is 0 Å². The normalized spacial score (nSPS) is 10.6. The highest BCUT2D eigenvalue weighted by Gasteiger charge is 2.01.